The lowest BCUT2D eigenvalue weighted by molar-refractivity contribution is -0.138. The molecule has 0 aliphatic rings. The maximum absolute atomic E-state index is 11.5. The summed E-state index contributed by atoms with van der Waals surface area (Å²) in [7, 11) is 0. The number of alkyl halides is 4. The number of halogens is 5. The van der Waals surface area contributed by atoms with Crippen molar-refractivity contribution in [3.8, 4) is 0 Å². The number of nitrogens with two attached hydrogens (primary N) is 1. The van der Waals surface area contributed by atoms with Crippen molar-refractivity contribution in [3.05, 3.63) is 0 Å². The monoisotopic (exact) mass is 181 g/mol. The molecule has 1 unspecified atom stereocenters. The summed E-state index contributed by atoms with van der Waals surface area (Å²) in [6.07, 6.45) is -7.94. The fourth-order valence-electron chi connectivity index (χ4n) is 0.302. The van der Waals surface area contributed by atoms with Crippen LogP contribution < -0.4 is 5.73 Å². The molecule has 0 rings (SSSR count). The normalized spacial score (nSPS) is 14.1. The van der Waals surface area contributed by atoms with Gasteiger partial charge in [-0.2, -0.15) is 13.2 Å². The third kappa shape index (κ3) is 10.9. The van der Waals surface area contributed by atoms with Crippen LogP contribution in [0.2, 0.25) is 0 Å². The summed E-state index contributed by atoms with van der Waals surface area (Å²) < 4.78 is 45.1. The third-order valence-electron chi connectivity index (χ3n) is 0.704. The number of hydrogen-bond donors (Lipinski definition) is 1. The highest BCUT2D eigenvalue weighted by atomic mass is 35.5. The summed E-state index contributed by atoms with van der Waals surface area (Å²) in [5.74, 6) is 0. The summed E-state index contributed by atoms with van der Waals surface area (Å²) in [4.78, 5) is 0. The Balaban J connectivity index is 0. The van der Waals surface area contributed by atoms with Crippen molar-refractivity contribution in [3.63, 3.8) is 0 Å². The summed E-state index contributed by atoms with van der Waals surface area (Å²) in [5, 5.41) is 0. The Kier molecular flexibility index (Phi) is 5.98. The van der Waals surface area contributed by atoms with Crippen LogP contribution in [-0.4, -0.2) is 12.5 Å². The lowest BCUT2D eigenvalue weighted by Gasteiger charge is -2.05. The Hall–Kier alpha value is -0.0300. The van der Waals surface area contributed by atoms with Gasteiger partial charge in [0.05, 0.1) is 0 Å². The van der Waals surface area contributed by atoms with Gasteiger partial charge in [0.1, 0.15) is 6.30 Å². The van der Waals surface area contributed by atoms with E-state index in [-0.39, 0.29) is 12.4 Å². The minimum atomic E-state index is -4.29. The van der Waals surface area contributed by atoms with Gasteiger partial charge in [-0.3, -0.25) is 0 Å². The standard InChI is InChI=1S/C4H7F4N.ClH/c5-3(9)1-2-4(6,7)8;/h3H,1-2,9H2;1H. The Morgan fingerprint density at radius 2 is 1.70 bits per heavy atom. The molecular formula is C4H8ClF4N. The summed E-state index contributed by atoms with van der Waals surface area (Å²) in [6, 6.07) is 0. The Labute approximate surface area is 62.0 Å². The first kappa shape index (κ1) is 12.6. The van der Waals surface area contributed by atoms with Gasteiger partial charge in [0.2, 0.25) is 0 Å². The molecule has 0 saturated carbocycles. The zero-order valence-corrected chi connectivity index (χ0v) is 5.81. The highest BCUT2D eigenvalue weighted by Crippen LogP contribution is 2.21. The minimum absolute atomic E-state index is 0. The second kappa shape index (κ2) is 4.73. The fourth-order valence-corrected chi connectivity index (χ4v) is 0.302. The fraction of sp³-hybridized carbons (Fsp3) is 1.00. The van der Waals surface area contributed by atoms with Crippen LogP contribution in [-0.2, 0) is 0 Å². The molecule has 0 radical (unpaired) electrons. The van der Waals surface area contributed by atoms with E-state index in [0.29, 0.717) is 0 Å². The Bertz CT molecular complexity index is 81.8. The van der Waals surface area contributed by atoms with E-state index in [4.69, 9.17) is 0 Å². The van der Waals surface area contributed by atoms with E-state index in [2.05, 4.69) is 5.73 Å². The molecule has 0 fully saturated rings. The summed E-state index contributed by atoms with van der Waals surface area (Å²) in [5.41, 5.74) is 4.43. The lowest BCUT2D eigenvalue weighted by Crippen LogP contribution is -2.17. The van der Waals surface area contributed by atoms with Crippen molar-refractivity contribution < 1.29 is 17.6 Å². The molecule has 10 heavy (non-hydrogen) atoms. The molecule has 64 valence electrons. The second-order valence-electron chi connectivity index (χ2n) is 1.67. The largest absolute Gasteiger partial charge is 0.389 e. The highest BCUT2D eigenvalue weighted by Gasteiger charge is 2.27. The Morgan fingerprint density at radius 3 is 1.80 bits per heavy atom. The van der Waals surface area contributed by atoms with Crippen LogP contribution in [0.25, 0.3) is 0 Å². The summed E-state index contributed by atoms with van der Waals surface area (Å²) >= 11 is 0. The van der Waals surface area contributed by atoms with E-state index in [9.17, 15) is 17.6 Å². The molecule has 0 aliphatic carbocycles. The van der Waals surface area contributed by atoms with Crippen LogP contribution in [0.4, 0.5) is 17.6 Å². The van der Waals surface area contributed by atoms with Crippen molar-refractivity contribution in [2.45, 2.75) is 25.3 Å². The maximum atomic E-state index is 11.5. The van der Waals surface area contributed by atoms with Crippen molar-refractivity contribution in [1.29, 1.82) is 0 Å². The highest BCUT2D eigenvalue weighted by molar-refractivity contribution is 5.85. The molecule has 0 heterocycles. The first-order valence-electron chi connectivity index (χ1n) is 2.38. The van der Waals surface area contributed by atoms with Crippen molar-refractivity contribution in [2.75, 3.05) is 0 Å². The first-order chi connectivity index (χ1) is 3.92. The van der Waals surface area contributed by atoms with Crippen LogP contribution in [0.15, 0.2) is 0 Å². The molecular weight excluding hydrogens is 173 g/mol. The molecule has 0 aromatic carbocycles. The van der Waals surface area contributed by atoms with E-state index < -0.39 is 25.3 Å². The first-order valence-corrected chi connectivity index (χ1v) is 2.38. The SMILES string of the molecule is Cl.NC(F)CCC(F)(F)F. The quantitative estimate of drug-likeness (QED) is 0.512. The van der Waals surface area contributed by atoms with Gasteiger partial charge in [-0.1, -0.05) is 0 Å². The lowest BCUT2D eigenvalue weighted by atomic mass is 10.3. The van der Waals surface area contributed by atoms with E-state index in [1.807, 2.05) is 0 Å². The molecule has 0 spiro atoms. The summed E-state index contributed by atoms with van der Waals surface area (Å²) in [6.45, 7) is 0. The van der Waals surface area contributed by atoms with Crippen LogP contribution in [0.1, 0.15) is 12.8 Å². The van der Waals surface area contributed by atoms with Gasteiger partial charge in [0, 0.05) is 12.8 Å². The van der Waals surface area contributed by atoms with Crippen molar-refractivity contribution in [1.82, 2.24) is 0 Å². The molecule has 0 bridgehead atoms. The van der Waals surface area contributed by atoms with E-state index in [0.717, 1.165) is 0 Å². The van der Waals surface area contributed by atoms with Crippen LogP contribution in [0, 0.1) is 0 Å². The molecule has 0 amide bonds. The van der Waals surface area contributed by atoms with Gasteiger partial charge in [-0.25, -0.2) is 4.39 Å². The zero-order valence-electron chi connectivity index (χ0n) is 4.99. The average molecular weight is 182 g/mol. The van der Waals surface area contributed by atoms with Gasteiger partial charge >= 0.3 is 6.18 Å². The van der Waals surface area contributed by atoms with Crippen LogP contribution >= 0.6 is 12.4 Å². The van der Waals surface area contributed by atoms with E-state index >= 15 is 0 Å². The smallest absolute Gasteiger partial charge is 0.302 e. The maximum Gasteiger partial charge on any atom is 0.389 e. The van der Waals surface area contributed by atoms with Gasteiger partial charge in [0.15, 0.2) is 0 Å². The van der Waals surface area contributed by atoms with Gasteiger partial charge < -0.3 is 5.73 Å². The van der Waals surface area contributed by atoms with Gasteiger partial charge in [-0.05, 0) is 0 Å². The molecule has 1 atom stereocenters. The molecule has 0 aliphatic heterocycles. The van der Waals surface area contributed by atoms with Gasteiger partial charge in [-0.15, -0.1) is 12.4 Å². The van der Waals surface area contributed by atoms with Crippen LogP contribution in [0.5, 0.6) is 0 Å². The minimum Gasteiger partial charge on any atom is -0.302 e. The zero-order chi connectivity index (χ0) is 7.49. The molecule has 0 aromatic heterocycles. The number of hydrogen-bond acceptors (Lipinski definition) is 1. The predicted octanol–water partition coefficient (Wildman–Crippen LogP) is 2.00. The topological polar surface area (TPSA) is 26.0 Å². The average Bonchev–Trinajstić information content (AvgIpc) is 1.59. The molecule has 0 saturated heterocycles. The van der Waals surface area contributed by atoms with E-state index in [1.165, 1.54) is 0 Å². The molecule has 6 heteroatoms. The number of rotatable bonds is 2. The van der Waals surface area contributed by atoms with E-state index in [1.54, 1.807) is 0 Å². The molecule has 0 aromatic rings. The second-order valence-corrected chi connectivity index (χ2v) is 1.67. The van der Waals surface area contributed by atoms with Crippen molar-refractivity contribution >= 4 is 12.4 Å². The van der Waals surface area contributed by atoms with Crippen LogP contribution in [0.3, 0.4) is 0 Å². The molecule has 2 N–H and O–H groups in total. The predicted molar refractivity (Wildman–Crippen MR) is 31.6 cm³/mol. The molecule has 1 nitrogen and oxygen atoms in total. The van der Waals surface area contributed by atoms with Gasteiger partial charge in [0.25, 0.3) is 0 Å². The third-order valence-corrected chi connectivity index (χ3v) is 0.704. The van der Waals surface area contributed by atoms with Crippen molar-refractivity contribution in [2.24, 2.45) is 5.73 Å². The Morgan fingerprint density at radius 1 is 1.30 bits per heavy atom.